The number of hydrogen-bond acceptors (Lipinski definition) is 4. The highest BCUT2D eigenvalue weighted by atomic mass is 35.5. The third-order valence-corrected chi connectivity index (χ3v) is 5.77. The highest BCUT2D eigenvalue weighted by molar-refractivity contribution is 6.31. The van der Waals surface area contributed by atoms with Crippen molar-refractivity contribution in [3.8, 4) is 0 Å². The molecule has 4 rings (SSSR count). The number of halogens is 1. The molecule has 0 aliphatic rings. The molecule has 0 atom stereocenters. The molecule has 0 aliphatic heterocycles. The molecular weight excluding hydrogens is 392 g/mol. The molecule has 0 fully saturated rings. The molecule has 29 heavy (non-hydrogen) atoms. The standard InChI is InChI=1S/C21H21ClN4O3/c1-3-23(4-2)9-10-24-19-8-6-15(26(28)29)12-17(19)18-13-25(27)20-11-14(22)5-7-16(20)21(18)24/h5-8,11-13H,3-4,9-10H2,1-2H3. The summed E-state index contributed by atoms with van der Waals surface area (Å²) in [6, 6.07) is 10.1. The molecule has 0 N–H and O–H groups in total. The number of pyridine rings is 1. The third kappa shape index (κ3) is 3.26. The van der Waals surface area contributed by atoms with E-state index in [0.717, 1.165) is 40.8 Å². The highest BCUT2D eigenvalue weighted by Crippen LogP contribution is 2.35. The van der Waals surface area contributed by atoms with Gasteiger partial charge in [-0.15, -0.1) is 0 Å². The van der Waals surface area contributed by atoms with Crippen LogP contribution in [0, 0.1) is 15.3 Å². The van der Waals surface area contributed by atoms with Gasteiger partial charge in [-0.1, -0.05) is 25.4 Å². The van der Waals surface area contributed by atoms with Crippen LogP contribution in [0.15, 0.2) is 42.6 Å². The molecule has 8 heteroatoms. The van der Waals surface area contributed by atoms with Crippen LogP contribution in [0.1, 0.15) is 13.8 Å². The van der Waals surface area contributed by atoms with Gasteiger partial charge in [0.2, 0.25) is 5.52 Å². The predicted octanol–water partition coefficient (Wildman–Crippen LogP) is 4.48. The average molecular weight is 413 g/mol. The minimum Gasteiger partial charge on any atom is -0.618 e. The Labute approximate surface area is 172 Å². The van der Waals surface area contributed by atoms with Gasteiger partial charge in [-0.3, -0.25) is 10.1 Å². The fourth-order valence-electron chi connectivity index (χ4n) is 3.99. The second-order valence-electron chi connectivity index (χ2n) is 7.02. The number of nitro benzene ring substituents is 1. The molecule has 2 heterocycles. The maximum absolute atomic E-state index is 12.7. The predicted molar refractivity (Wildman–Crippen MR) is 115 cm³/mol. The zero-order chi connectivity index (χ0) is 20.7. The lowest BCUT2D eigenvalue weighted by molar-refractivity contribution is -0.575. The molecule has 4 aromatic rings. The zero-order valence-corrected chi connectivity index (χ0v) is 17.0. The van der Waals surface area contributed by atoms with Gasteiger partial charge in [0.1, 0.15) is 0 Å². The number of likely N-dealkylation sites (N-methyl/N-ethyl adjacent to an activating group) is 1. The molecule has 0 aliphatic carbocycles. The Balaban J connectivity index is 2.06. The van der Waals surface area contributed by atoms with E-state index >= 15 is 0 Å². The average Bonchev–Trinajstić information content (AvgIpc) is 3.02. The quantitative estimate of drug-likeness (QED) is 0.202. The van der Waals surface area contributed by atoms with E-state index in [1.807, 2.05) is 6.07 Å². The van der Waals surface area contributed by atoms with Gasteiger partial charge in [-0.2, -0.15) is 4.73 Å². The SMILES string of the molecule is CCN(CC)CCn1c2ccc([N+](=O)[O-])cc2c2c[n+]([O-])c3cc(Cl)ccc3c21. The summed E-state index contributed by atoms with van der Waals surface area (Å²) in [6.07, 6.45) is 1.49. The minimum atomic E-state index is -0.412. The van der Waals surface area contributed by atoms with Crippen LogP contribution in [0.25, 0.3) is 32.7 Å². The van der Waals surface area contributed by atoms with Gasteiger partial charge >= 0.3 is 0 Å². The molecule has 0 bridgehead atoms. The van der Waals surface area contributed by atoms with Crippen molar-refractivity contribution in [2.75, 3.05) is 19.6 Å². The maximum Gasteiger partial charge on any atom is 0.270 e. The van der Waals surface area contributed by atoms with E-state index in [1.165, 1.54) is 12.3 Å². The Bertz CT molecular complexity index is 1250. The summed E-state index contributed by atoms with van der Waals surface area (Å²) in [6.45, 7) is 7.67. The van der Waals surface area contributed by atoms with Crippen molar-refractivity contribution in [3.05, 3.63) is 62.9 Å². The topological polar surface area (TPSA) is 78.2 Å². The van der Waals surface area contributed by atoms with Gasteiger partial charge in [0, 0.05) is 47.2 Å². The van der Waals surface area contributed by atoms with Crippen molar-refractivity contribution >= 4 is 50.0 Å². The summed E-state index contributed by atoms with van der Waals surface area (Å²) in [4.78, 5) is 13.2. The monoisotopic (exact) mass is 412 g/mol. The van der Waals surface area contributed by atoms with Crippen molar-refractivity contribution in [2.24, 2.45) is 0 Å². The van der Waals surface area contributed by atoms with Gasteiger partial charge in [-0.25, -0.2) is 0 Å². The molecule has 7 nitrogen and oxygen atoms in total. The third-order valence-electron chi connectivity index (χ3n) is 5.53. The highest BCUT2D eigenvalue weighted by Gasteiger charge is 2.21. The number of non-ortho nitro benzene ring substituents is 1. The molecule has 0 saturated carbocycles. The maximum atomic E-state index is 12.7. The van der Waals surface area contributed by atoms with Crippen LogP contribution in [0.2, 0.25) is 5.02 Å². The Morgan fingerprint density at radius 1 is 1.10 bits per heavy atom. The van der Waals surface area contributed by atoms with Crippen LogP contribution < -0.4 is 4.73 Å². The van der Waals surface area contributed by atoms with Crippen molar-refractivity contribution in [1.82, 2.24) is 9.47 Å². The Morgan fingerprint density at radius 2 is 1.86 bits per heavy atom. The smallest absolute Gasteiger partial charge is 0.270 e. The van der Waals surface area contributed by atoms with Crippen molar-refractivity contribution in [1.29, 1.82) is 0 Å². The molecule has 150 valence electrons. The molecular formula is C21H21ClN4O3. The van der Waals surface area contributed by atoms with Crippen LogP contribution in [0.4, 0.5) is 5.69 Å². The fourth-order valence-corrected chi connectivity index (χ4v) is 4.16. The lowest BCUT2D eigenvalue weighted by atomic mass is 10.1. The lowest BCUT2D eigenvalue weighted by Gasteiger charge is -2.19. The number of benzene rings is 2. The minimum absolute atomic E-state index is 0.00828. The summed E-state index contributed by atoms with van der Waals surface area (Å²) in [5, 5.41) is 26.7. The summed E-state index contributed by atoms with van der Waals surface area (Å²) in [5.74, 6) is 0. The first-order valence-electron chi connectivity index (χ1n) is 9.58. The largest absolute Gasteiger partial charge is 0.618 e. The number of nitro groups is 1. The summed E-state index contributed by atoms with van der Waals surface area (Å²) >= 11 is 6.12. The zero-order valence-electron chi connectivity index (χ0n) is 16.3. The van der Waals surface area contributed by atoms with E-state index in [1.54, 1.807) is 24.3 Å². The number of nitrogens with zero attached hydrogens (tertiary/aromatic N) is 4. The summed E-state index contributed by atoms with van der Waals surface area (Å²) in [5.41, 5.74) is 2.26. The van der Waals surface area contributed by atoms with Crippen LogP contribution in [-0.4, -0.2) is 34.0 Å². The lowest BCUT2D eigenvalue weighted by Crippen LogP contribution is -2.28. The first kappa shape index (κ1) is 19.4. The normalized spacial score (nSPS) is 11.9. The molecule has 0 amide bonds. The first-order valence-corrected chi connectivity index (χ1v) is 9.96. The van der Waals surface area contributed by atoms with Crippen molar-refractivity contribution in [2.45, 2.75) is 20.4 Å². The van der Waals surface area contributed by atoms with E-state index in [9.17, 15) is 15.3 Å². The molecule has 0 saturated heterocycles. The van der Waals surface area contributed by atoms with E-state index in [-0.39, 0.29) is 5.69 Å². The van der Waals surface area contributed by atoms with Crippen LogP contribution >= 0.6 is 11.6 Å². The number of aromatic nitrogens is 2. The van der Waals surface area contributed by atoms with Gasteiger partial charge in [0.15, 0.2) is 6.20 Å². The van der Waals surface area contributed by atoms with Gasteiger partial charge in [0.25, 0.3) is 5.69 Å². The molecule has 0 unspecified atom stereocenters. The Morgan fingerprint density at radius 3 is 2.55 bits per heavy atom. The van der Waals surface area contributed by atoms with Crippen LogP contribution in [0.3, 0.4) is 0 Å². The van der Waals surface area contributed by atoms with E-state index in [4.69, 9.17) is 11.6 Å². The molecule has 0 spiro atoms. The Hall–Kier alpha value is -2.90. The Kier molecular flexibility index (Phi) is 5.02. The summed E-state index contributed by atoms with van der Waals surface area (Å²) < 4.78 is 2.94. The molecule has 2 aromatic heterocycles. The van der Waals surface area contributed by atoms with Gasteiger partial charge in [-0.05, 0) is 31.3 Å². The van der Waals surface area contributed by atoms with E-state index in [0.29, 0.717) is 27.9 Å². The van der Waals surface area contributed by atoms with Crippen molar-refractivity contribution in [3.63, 3.8) is 0 Å². The second-order valence-corrected chi connectivity index (χ2v) is 7.45. The fraction of sp³-hybridized carbons (Fsp3) is 0.286. The van der Waals surface area contributed by atoms with Gasteiger partial charge in [0.05, 0.1) is 21.2 Å². The molecule has 0 radical (unpaired) electrons. The van der Waals surface area contributed by atoms with Crippen molar-refractivity contribution < 1.29 is 9.65 Å². The number of hydrogen-bond donors (Lipinski definition) is 0. The van der Waals surface area contributed by atoms with Gasteiger partial charge < -0.3 is 14.7 Å². The second kappa shape index (κ2) is 7.50. The number of fused-ring (bicyclic) bond motifs is 5. The van der Waals surface area contributed by atoms with Crippen LogP contribution in [0.5, 0.6) is 0 Å². The van der Waals surface area contributed by atoms with E-state index in [2.05, 4.69) is 23.3 Å². The number of rotatable bonds is 6. The van der Waals surface area contributed by atoms with E-state index < -0.39 is 4.92 Å². The first-order chi connectivity index (χ1) is 13.9. The van der Waals surface area contributed by atoms with Crippen LogP contribution in [-0.2, 0) is 6.54 Å². The molecule has 2 aromatic carbocycles. The summed E-state index contributed by atoms with van der Waals surface area (Å²) in [7, 11) is 0.